The lowest BCUT2D eigenvalue weighted by molar-refractivity contribution is 0.0996. The summed E-state index contributed by atoms with van der Waals surface area (Å²) in [5, 5.41) is 10.6. The summed E-state index contributed by atoms with van der Waals surface area (Å²) in [6.45, 7) is 0. The number of aromatic nitrogens is 2. The fourth-order valence-corrected chi connectivity index (χ4v) is 3.16. The molecule has 2 heterocycles. The third kappa shape index (κ3) is 3.92. The summed E-state index contributed by atoms with van der Waals surface area (Å²) in [5.74, 6) is -0.438. The van der Waals surface area contributed by atoms with Crippen LogP contribution in [0.4, 0.5) is 0 Å². The molecule has 0 fully saturated rings. The number of nitriles is 1. The number of carbonyl (C=O) groups excluding carboxylic acids is 1. The number of carbonyl (C=O) groups is 1. The largest absolute Gasteiger partial charge is 0.364 e. The molecule has 0 bridgehead atoms. The summed E-state index contributed by atoms with van der Waals surface area (Å²) in [6.07, 6.45) is 0. The fraction of sp³-hybridized carbons (Fsp3) is 0. The van der Waals surface area contributed by atoms with Crippen LogP contribution in [0.5, 0.6) is 0 Å². The molecule has 4 rings (SSSR count). The Morgan fingerprint density at radius 3 is 2.04 bits per heavy atom. The van der Waals surface area contributed by atoms with Crippen molar-refractivity contribution < 1.29 is 4.79 Å². The van der Waals surface area contributed by atoms with Crippen LogP contribution in [0, 0.1) is 11.3 Å². The van der Waals surface area contributed by atoms with Crippen LogP contribution in [0.1, 0.15) is 16.2 Å². The maximum atomic E-state index is 10.8. The van der Waals surface area contributed by atoms with Crippen LogP contribution < -0.4 is 5.73 Å². The van der Waals surface area contributed by atoms with Crippen molar-refractivity contribution in [3.8, 4) is 6.07 Å². The number of H-pyrrole nitrogens is 2. The molecule has 4 N–H and O–H groups in total. The van der Waals surface area contributed by atoms with Gasteiger partial charge in [0.2, 0.25) is 0 Å². The third-order valence-corrected chi connectivity index (χ3v) is 4.54. The first-order chi connectivity index (χ1) is 12.0. The number of nitrogens with two attached hydrogens (primary N) is 1. The van der Waals surface area contributed by atoms with Crippen LogP contribution in [-0.2, 0) is 0 Å². The summed E-state index contributed by atoms with van der Waals surface area (Å²) in [6, 6.07) is 17.2. The smallest absolute Gasteiger partial charge is 0.265 e. The zero-order valence-electron chi connectivity index (χ0n) is 12.8. The number of amides is 1. The quantitative estimate of drug-likeness (QED) is 0.379. The van der Waals surface area contributed by atoms with Gasteiger partial charge in [-0.3, -0.25) is 4.79 Å². The Bertz CT molecular complexity index is 1120. The molecule has 2 aromatic heterocycles. The molecule has 4 aromatic rings. The van der Waals surface area contributed by atoms with Crippen molar-refractivity contribution in [2.24, 2.45) is 5.73 Å². The van der Waals surface area contributed by atoms with Gasteiger partial charge in [0.25, 0.3) is 5.91 Å². The van der Waals surface area contributed by atoms with Gasteiger partial charge in [0.1, 0.15) is 17.5 Å². The van der Waals surface area contributed by atoms with E-state index in [4.69, 9.17) is 11.0 Å². The van der Waals surface area contributed by atoms with Crippen molar-refractivity contribution in [3.05, 3.63) is 68.9 Å². The van der Waals surface area contributed by atoms with Crippen molar-refractivity contribution >= 4 is 59.6 Å². The molecule has 0 unspecified atom stereocenters. The molecular weight excluding hydrogens is 448 g/mol. The van der Waals surface area contributed by atoms with Crippen LogP contribution >= 0.6 is 31.9 Å². The van der Waals surface area contributed by atoms with Crippen molar-refractivity contribution in [2.45, 2.75) is 0 Å². The zero-order valence-corrected chi connectivity index (χ0v) is 16.0. The maximum Gasteiger partial charge on any atom is 0.265 e. The fourth-order valence-electron chi connectivity index (χ4n) is 2.40. The van der Waals surface area contributed by atoms with Crippen molar-refractivity contribution in [3.63, 3.8) is 0 Å². The van der Waals surface area contributed by atoms with E-state index in [1.54, 1.807) is 6.07 Å². The van der Waals surface area contributed by atoms with E-state index in [2.05, 4.69) is 47.9 Å². The molecule has 7 heteroatoms. The molecule has 0 aliphatic heterocycles. The van der Waals surface area contributed by atoms with E-state index in [-0.39, 0.29) is 0 Å². The van der Waals surface area contributed by atoms with Gasteiger partial charge < -0.3 is 15.7 Å². The Kier molecular flexibility index (Phi) is 4.93. The number of benzene rings is 2. The first-order valence-electron chi connectivity index (χ1n) is 7.23. The van der Waals surface area contributed by atoms with E-state index in [9.17, 15) is 4.79 Å². The van der Waals surface area contributed by atoms with Crippen molar-refractivity contribution in [2.75, 3.05) is 0 Å². The Hall–Kier alpha value is -2.56. The van der Waals surface area contributed by atoms with E-state index in [0.717, 1.165) is 30.8 Å². The molecule has 0 saturated carbocycles. The van der Waals surface area contributed by atoms with Gasteiger partial charge in [-0.25, -0.2) is 0 Å². The summed E-state index contributed by atoms with van der Waals surface area (Å²) >= 11 is 6.72. The van der Waals surface area contributed by atoms with Crippen LogP contribution in [0.2, 0.25) is 0 Å². The average molecular weight is 460 g/mol. The molecule has 124 valence electrons. The number of hydrogen-bond acceptors (Lipinski definition) is 2. The van der Waals surface area contributed by atoms with Gasteiger partial charge in [-0.05, 0) is 48.5 Å². The van der Waals surface area contributed by atoms with Gasteiger partial charge in [-0.15, -0.1) is 0 Å². The highest BCUT2D eigenvalue weighted by atomic mass is 79.9. The molecule has 25 heavy (non-hydrogen) atoms. The third-order valence-electron chi connectivity index (χ3n) is 3.55. The molecule has 0 spiro atoms. The van der Waals surface area contributed by atoms with Crippen molar-refractivity contribution in [1.82, 2.24) is 9.97 Å². The topological polar surface area (TPSA) is 98.5 Å². The number of fused-ring (bicyclic) bond motifs is 2. The summed E-state index contributed by atoms with van der Waals surface area (Å²) < 4.78 is 2.01. The molecule has 0 saturated heterocycles. The number of primary amides is 1. The minimum atomic E-state index is -0.438. The van der Waals surface area contributed by atoms with Gasteiger partial charge >= 0.3 is 0 Å². The molecular formula is C18H12Br2N4O. The predicted octanol–water partition coefficient (Wildman–Crippen LogP) is 4.83. The lowest BCUT2D eigenvalue weighted by Gasteiger charge is -1.89. The summed E-state index contributed by atoms with van der Waals surface area (Å²) in [5.41, 5.74) is 8.08. The Morgan fingerprint density at radius 2 is 1.48 bits per heavy atom. The van der Waals surface area contributed by atoms with Gasteiger partial charge in [-0.1, -0.05) is 31.9 Å². The van der Waals surface area contributed by atoms with Crippen LogP contribution in [0.3, 0.4) is 0 Å². The number of aromatic amines is 2. The van der Waals surface area contributed by atoms with Crippen LogP contribution in [0.25, 0.3) is 21.8 Å². The first-order valence-corrected chi connectivity index (χ1v) is 8.81. The monoisotopic (exact) mass is 458 g/mol. The SMILES string of the molecule is N#Cc1cc2cc(Br)ccc2[nH]1.NC(=O)c1cc2cc(Br)ccc2[nH]1. The molecule has 0 radical (unpaired) electrons. The minimum Gasteiger partial charge on any atom is -0.364 e. The second kappa shape index (κ2) is 7.13. The van der Waals surface area contributed by atoms with Gasteiger partial charge in [0, 0.05) is 30.8 Å². The van der Waals surface area contributed by atoms with Gasteiger partial charge in [0.15, 0.2) is 0 Å². The summed E-state index contributed by atoms with van der Waals surface area (Å²) in [4.78, 5) is 16.8. The van der Waals surface area contributed by atoms with Crippen molar-refractivity contribution in [1.29, 1.82) is 5.26 Å². The second-order valence-corrected chi connectivity index (χ2v) is 7.14. The molecule has 2 aromatic carbocycles. The van der Waals surface area contributed by atoms with Crippen LogP contribution in [-0.4, -0.2) is 15.9 Å². The highest BCUT2D eigenvalue weighted by Crippen LogP contribution is 2.20. The predicted molar refractivity (Wildman–Crippen MR) is 105 cm³/mol. The van der Waals surface area contributed by atoms with Crippen LogP contribution in [0.15, 0.2) is 57.5 Å². The highest BCUT2D eigenvalue weighted by Gasteiger charge is 2.04. The molecule has 0 aliphatic carbocycles. The number of nitrogens with zero attached hydrogens (tertiary/aromatic N) is 1. The standard InChI is InChI=1S/C9H7BrN2O.C9H5BrN2/c10-6-1-2-7-5(3-6)4-8(12-7)9(11)13;10-7-1-2-9-6(3-7)4-8(5-11)12-9/h1-4,12H,(H2,11,13);1-4,12H. The normalized spacial score (nSPS) is 10.3. The van der Waals surface area contributed by atoms with E-state index < -0.39 is 5.91 Å². The first kappa shape index (κ1) is 17.3. The molecule has 0 aliphatic rings. The van der Waals surface area contributed by atoms with Gasteiger partial charge in [0.05, 0.1) is 0 Å². The number of nitrogens with one attached hydrogen (secondary N) is 2. The molecule has 5 nitrogen and oxygen atoms in total. The highest BCUT2D eigenvalue weighted by molar-refractivity contribution is 9.10. The summed E-state index contributed by atoms with van der Waals surface area (Å²) in [7, 11) is 0. The Morgan fingerprint density at radius 1 is 0.920 bits per heavy atom. The molecule has 0 atom stereocenters. The van der Waals surface area contributed by atoms with Gasteiger partial charge in [-0.2, -0.15) is 5.26 Å². The minimum absolute atomic E-state index is 0.438. The number of halogens is 2. The number of hydrogen-bond donors (Lipinski definition) is 3. The Labute approximate surface area is 160 Å². The second-order valence-electron chi connectivity index (χ2n) is 5.31. The lowest BCUT2D eigenvalue weighted by atomic mass is 10.2. The average Bonchev–Trinajstić information content (AvgIpc) is 3.17. The molecule has 1 amide bonds. The lowest BCUT2D eigenvalue weighted by Crippen LogP contribution is -2.10. The Balaban J connectivity index is 0.000000146. The number of rotatable bonds is 1. The maximum absolute atomic E-state index is 10.8. The van der Waals surface area contributed by atoms with E-state index >= 15 is 0 Å². The van der Waals surface area contributed by atoms with E-state index in [1.165, 1.54) is 0 Å². The zero-order chi connectivity index (χ0) is 18.0. The van der Waals surface area contributed by atoms with E-state index in [0.29, 0.717) is 11.4 Å². The van der Waals surface area contributed by atoms with E-state index in [1.807, 2.05) is 42.5 Å².